The maximum Gasteiger partial charge on any atom is 0.501 e. The molecule has 0 aromatic rings. The Morgan fingerprint density at radius 2 is 1.62 bits per heavy atom. The van der Waals surface area contributed by atoms with Gasteiger partial charge in [-0.05, 0) is 27.2 Å². The number of nitrogens with one attached hydrogen (secondary N) is 2. The Hall–Kier alpha value is -0.553. The predicted molar refractivity (Wildman–Crippen MR) is 95.8 cm³/mol. The van der Waals surface area contributed by atoms with Crippen molar-refractivity contribution in [2.24, 2.45) is 5.73 Å². The van der Waals surface area contributed by atoms with Crippen LogP contribution in [-0.4, -0.2) is 73.9 Å². The second kappa shape index (κ2) is 15.9. The van der Waals surface area contributed by atoms with Gasteiger partial charge < -0.3 is 34.4 Å². The maximum atomic E-state index is 11.6. The fraction of sp³-hybridized carbons (Fsp3) is 0.933. The van der Waals surface area contributed by atoms with Crippen LogP contribution in [0.2, 0.25) is 6.04 Å². The Balaban J connectivity index is 3.85. The van der Waals surface area contributed by atoms with E-state index in [4.69, 9.17) is 23.7 Å². The maximum absolute atomic E-state index is 11.6. The van der Waals surface area contributed by atoms with E-state index in [2.05, 4.69) is 10.6 Å². The molecule has 0 aliphatic carbocycles. The minimum Gasteiger partial charge on any atom is -0.374 e. The first-order chi connectivity index (χ1) is 11.6. The summed E-state index contributed by atoms with van der Waals surface area (Å²) in [6.45, 7) is 10.6. The lowest BCUT2D eigenvalue weighted by atomic mass is 10.5. The molecule has 0 aromatic heterocycles. The zero-order chi connectivity index (χ0) is 18.1. The normalized spacial score (nSPS) is 11.7. The van der Waals surface area contributed by atoms with Crippen LogP contribution in [0.4, 0.5) is 0 Å². The van der Waals surface area contributed by atoms with Crippen molar-refractivity contribution in [3.8, 4) is 0 Å². The van der Waals surface area contributed by atoms with Crippen LogP contribution >= 0.6 is 0 Å². The summed E-state index contributed by atoms with van der Waals surface area (Å²) in [5.74, 6) is -0.118. The lowest BCUT2D eigenvalue weighted by Crippen LogP contribution is -2.46. The van der Waals surface area contributed by atoms with Gasteiger partial charge in [0.1, 0.15) is 6.61 Å². The minimum atomic E-state index is -2.61. The lowest BCUT2D eigenvalue weighted by molar-refractivity contribution is -0.125. The molecule has 0 aromatic carbocycles. The van der Waals surface area contributed by atoms with Gasteiger partial charge in [0.15, 0.2) is 0 Å². The summed E-state index contributed by atoms with van der Waals surface area (Å²) in [4.78, 5) is 11.6. The van der Waals surface area contributed by atoms with Gasteiger partial charge in [0.05, 0.1) is 0 Å². The molecule has 0 fully saturated rings. The van der Waals surface area contributed by atoms with Crippen LogP contribution in [-0.2, 0) is 22.8 Å². The van der Waals surface area contributed by atoms with E-state index in [-0.39, 0.29) is 12.5 Å². The number of amides is 1. The molecular weight excluding hydrogens is 330 g/mol. The molecule has 8 nitrogen and oxygen atoms in total. The van der Waals surface area contributed by atoms with E-state index < -0.39 is 8.80 Å². The number of carbonyl (C=O) groups is 1. The highest BCUT2D eigenvalue weighted by Crippen LogP contribution is 2.18. The van der Waals surface area contributed by atoms with Crippen molar-refractivity contribution in [2.45, 2.75) is 33.2 Å². The third kappa shape index (κ3) is 11.9. The topological polar surface area (TPSA) is 104 Å². The van der Waals surface area contributed by atoms with Crippen LogP contribution in [0.15, 0.2) is 0 Å². The van der Waals surface area contributed by atoms with Crippen molar-refractivity contribution < 1.29 is 22.8 Å². The van der Waals surface area contributed by atoms with E-state index in [1.54, 1.807) is 0 Å². The zero-order valence-corrected chi connectivity index (χ0v) is 16.4. The highest BCUT2D eigenvalue weighted by atomic mass is 28.4. The Kier molecular flexibility index (Phi) is 15.6. The SMILES string of the molecule is CCO[Si](CCCOCC(=O)NCCNCCN)(OCC)OCC. The quantitative estimate of drug-likeness (QED) is 0.248. The molecule has 0 atom stereocenters. The van der Waals surface area contributed by atoms with Crippen LogP contribution in [0.3, 0.4) is 0 Å². The van der Waals surface area contributed by atoms with Crippen molar-refractivity contribution >= 4 is 14.7 Å². The number of hydrogen-bond acceptors (Lipinski definition) is 7. The van der Waals surface area contributed by atoms with Gasteiger partial charge in [-0.3, -0.25) is 4.79 Å². The molecule has 0 heterocycles. The van der Waals surface area contributed by atoms with Gasteiger partial charge in [-0.2, -0.15) is 0 Å². The highest BCUT2D eigenvalue weighted by Gasteiger charge is 2.39. The van der Waals surface area contributed by atoms with Gasteiger partial charge in [0, 0.05) is 58.7 Å². The molecule has 0 bridgehead atoms. The van der Waals surface area contributed by atoms with Crippen LogP contribution < -0.4 is 16.4 Å². The summed E-state index contributed by atoms with van der Waals surface area (Å²) >= 11 is 0. The van der Waals surface area contributed by atoms with Gasteiger partial charge in [0.25, 0.3) is 0 Å². The van der Waals surface area contributed by atoms with E-state index >= 15 is 0 Å². The third-order valence-electron chi connectivity index (χ3n) is 3.04. The Morgan fingerprint density at radius 3 is 2.17 bits per heavy atom. The Labute approximate surface area is 147 Å². The third-order valence-corrected chi connectivity index (χ3v) is 6.19. The standard InChI is InChI=1S/C15H35N3O5Si/c1-4-21-24(22-5-2,23-6-3)13-7-12-20-14-15(19)18-11-10-17-9-8-16/h17H,4-14,16H2,1-3H3,(H,18,19). The lowest BCUT2D eigenvalue weighted by Gasteiger charge is -2.28. The zero-order valence-electron chi connectivity index (χ0n) is 15.4. The fourth-order valence-electron chi connectivity index (χ4n) is 2.13. The molecule has 0 saturated heterocycles. The molecule has 0 radical (unpaired) electrons. The molecule has 1 amide bonds. The van der Waals surface area contributed by atoms with Crippen molar-refractivity contribution in [2.75, 3.05) is 59.2 Å². The van der Waals surface area contributed by atoms with Gasteiger partial charge in [0.2, 0.25) is 5.91 Å². The van der Waals surface area contributed by atoms with Crippen molar-refractivity contribution in [3.63, 3.8) is 0 Å². The first-order valence-electron chi connectivity index (χ1n) is 8.81. The highest BCUT2D eigenvalue weighted by molar-refractivity contribution is 6.60. The molecule has 4 N–H and O–H groups in total. The van der Waals surface area contributed by atoms with Gasteiger partial charge in [-0.25, -0.2) is 0 Å². The molecular formula is C15H35N3O5Si. The molecule has 0 saturated carbocycles. The summed E-state index contributed by atoms with van der Waals surface area (Å²) in [6.07, 6.45) is 0.734. The molecule has 9 heteroatoms. The summed E-state index contributed by atoms with van der Waals surface area (Å²) in [6, 6.07) is 0.688. The number of nitrogens with two attached hydrogens (primary N) is 1. The molecule has 0 aliphatic rings. The summed E-state index contributed by atoms with van der Waals surface area (Å²) < 4.78 is 22.7. The van der Waals surface area contributed by atoms with Crippen LogP contribution in [0.5, 0.6) is 0 Å². The molecule has 0 unspecified atom stereocenters. The van der Waals surface area contributed by atoms with E-state index in [1.165, 1.54) is 0 Å². The number of hydrogen-bond donors (Lipinski definition) is 3. The first-order valence-corrected chi connectivity index (χ1v) is 10.7. The molecule has 24 heavy (non-hydrogen) atoms. The van der Waals surface area contributed by atoms with E-state index in [0.717, 1.165) is 13.0 Å². The van der Waals surface area contributed by atoms with Crippen LogP contribution in [0.25, 0.3) is 0 Å². The summed E-state index contributed by atoms with van der Waals surface area (Å²) in [5, 5.41) is 5.88. The number of ether oxygens (including phenoxy) is 1. The van der Waals surface area contributed by atoms with Crippen molar-refractivity contribution in [1.29, 1.82) is 0 Å². The molecule has 144 valence electrons. The average Bonchev–Trinajstić information content (AvgIpc) is 2.55. The van der Waals surface area contributed by atoms with Crippen molar-refractivity contribution in [3.05, 3.63) is 0 Å². The van der Waals surface area contributed by atoms with Crippen LogP contribution in [0.1, 0.15) is 27.2 Å². The molecule has 0 rings (SSSR count). The summed E-state index contributed by atoms with van der Waals surface area (Å²) in [7, 11) is -2.61. The minimum absolute atomic E-state index is 0.0589. The molecule has 0 spiro atoms. The van der Waals surface area contributed by atoms with Gasteiger partial charge >= 0.3 is 8.80 Å². The number of rotatable bonds is 17. The first kappa shape index (κ1) is 23.4. The monoisotopic (exact) mass is 365 g/mol. The van der Waals surface area contributed by atoms with Gasteiger partial charge in [-0.1, -0.05) is 0 Å². The van der Waals surface area contributed by atoms with E-state index in [1.807, 2.05) is 20.8 Å². The van der Waals surface area contributed by atoms with E-state index in [9.17, 15) is 4.79 Å². The second-order valence-corrected chi connectivity index (χ2v) is 7.76. The average molecular weight is 366 g/mol. The van der Waals surface area contributed by atoms with Crippen LogP contribution in [0, 0.1) is 0 Å². The van der Waals surface area contributed by atoms with Crippen molar-refractivity contribution in [1.82, 2.24) is 10.6 Å². The Morgan fingerprint density at radius 1 is 1.00 bits per heavy atom. The largest absolute Gasteiger partial charge is 0.501 e. The second-order valence-electron chi connectivity index (χ2n) is 5.03. The fourth-order valence-corrected chi connectivity index (χ4v) is 4.71. The Bertz CT molecular complexity index is 294. The van der Waals surface area contributed by atoms with E-state index in [0.29, 0.717) is 52.1 Å². The van der Waals surface area contributed by atoms with Gasteiger partial charge in [-0.15, -0.1) is 0 Å². The summed E-state index contributed by atoms with van der Waals surface area (Å²) in [5.41, 5.74) is 5.36. The molecule has 0 aliphatic heterocycles. The smallest absolute Gasteiger partial charge is 0.374 e. The number of carbonyl (C=O) groups excluding carboxylic acids is 1. The predicted octanol–water partition coefficient (Wildman–Crippen LogP) is 0.106.